The van der Waals surface area contributed by atoms with Gasteiger partial charge in [0.2, 0.25) is 0 Å². The molecule has 2 fully saturated rings. The average molecular weight is 215 g/mol. The van der Waals surface area contributed by atoms with Crippen molar-refractivity contribution >= 4 is 11.6 Å². The number of halogens is 1. The summed E-state index contributed by atoms with van der Waals surface area (Å²) in [4.78, 5) is 0. The molecule has 1 atom stereocenters. The highest BCUT2D eigenvalue weighted by molar-refractivity contribution is 6.20. The Morgan fingerprint density at radius 3 is 2.29 bits per heavy atom. The Balaban J connectivity index is 1.60. The van der Waals surface area contributed by atoms with Gasteiger partial charge in [-0.2, -0.15) is 0 Å². The Labute approximate surface area is 93.4 Å². The molecule has 0 heterocycles. The second kappa shape index (κ2) is 4.88. The Kier molecular flexibility index (Phi) is 3.76. The third-order valence-corrected chi connectivity index (χ3v) is 4.69. The van der Waals surface area contributed by atoms with Crippen LogP contribution in [0.15, 0.2) is 0 Å². The van der Waals surface area contributed by atoms with Gasteiger partial charge in [0.25, 0.3) is 0 Å². The van der Waals surface area contributed by atoms with E-state index in [1.165, 1.54) is 51.4 Å². The van der Waals surface area contributed by atoms with Crippen LogP contribution in [0.3, 0.4) is 0 Å². The van der Waals surface area contributed by atoms with Crippen LogP contribution in [0.1, 0.15) is 58.3 Å². The first kappa shape index (κ1) is 10.8. The number of rotatable bonds is 4. The minimum absolute atomic E-state index is 0.509. The van der Waals surface area contributed by atoms with E-state index in [9.17, 15) is 0 Å². The van der Waals surface area contributed by atoms with Gasteiger partial charge in [-0.1, -0.05) is 32.6 Å². The maximum Gasteiger partial charge on any atom is 0.0364 e. The minimum atomic E-state index is 0.509. The van der Waals surface area contributed by atoms with Gasteiger partial charge in [0.05, 0.1) is 0 Å². The van der Waals surface area contributed by atoms with Gasteiger partial charge in [0, 0.05) is 5.38 Å². The summed E-state index contributed by atoms with van der Waals surface area (Å²) in [6.45, 7) is 2.39. The van der Waals surface area contributed by atoms with Crippen molar-refractivity contribution in [2.75, 3.05) is 0 Å². The van der Waals surface area contributed by atoms with Crippen molar-refractivity contribution in [3.05, 3.63) is 0 Å². The van der Waals surface area contributed by atoms with Gasteiger partial charge in [-0.15, -0.1) is 11.6 Å². The third kappa shape index (κ3) is 3.15. The first-order chi connectivity index (χ1) is 6.75. The van der Waals surface area contributed by atoms with E-state index in [-0.39, 0.29) is 0 Å². The van der Waals surface area contributed by atoms with Crippen LogP contribution in [0.2, 0.25) is 0 Å². The molecule has 0 N–H and O–H groups in total. The van der Waals surface area contributed by atoms with Crippen LogP contribution >= 0.6 is 11.6 Å². The lowest BCUT2D eigenvalue weighted by molar-refractivity contribution is 0.271. The highest BCUT2D eigenvalue weighted by Crippen LogP contribution is 2.39. The molecule has 0 bridgehead atoms. The van der Waals surface area contributed by atoms with E-state index in [2.05, 4.69) is 6.92 Å². The van der Waals surface area contributed by atoms with Crippen LogP contribution < -0.4 is 0 Å². The van der Waals surface area contributed by atoms with Crippen LogP contribution in [-0.4, -0.2) is 5.38 Å². The molecule has 14 heavy (non-hydrogen) atoms. The zero-order valence-corrected chi connectivity index (χ0v) is 10.1. The van der Waals surface area contributed by atoms with E-state index in [4.69, 9.17) is 11.6 Å². The first-order valence-electron chi connectivity index (χ1n) is 6.39. The Hall–Kier alpha value is 0.290. The SMILES string of the molecule is CC1CCC(CCC(Cl)C2CC2)CC1. The maximum absolute atomic E-state index is 6.33. The molecule has 1 unspecified atom stereocenters. The Bertz CT molecular complexity index is 166. The summed E-state index contributed by atoms with van der Waals surface area (Å²) in [6.07, 6.45) is 11.3. The van der Waals surface area contributed by atoms with Gasteiger partial charge in [0.1, 0.15) is 0 Å². The van der Waals surface area contributed by atoms with Gasteiger partial charge in [-0.3, -0.25) is 0 Å². The molecule has 2 saturated carbocycles. The van der Waals surface area contributed by atoms with Crippen LogP contribution in [0.5, 0.6) is 0 Å². The molecule has 1 heteroatoms. The molecule has 2 aliphatic carbocycles. The van der Waals surface area contributed by atoms with Crippen molar-refractivity contribution in [2.24, 2.45) is 17.8 Å². The second-order valence-corrected chi connectivity index (χ2v) is 6.12. The molecule has 0 radical (unpaired) electrons. The van der Waals surface area contributed by atoms with Gasteiger partial charge in [0.15, 0.2) is 0 Å². The molecule has 0 spiro atoms. The van der Waals surface area contributed by atoms with Crippen molar-refractivity contribution in [1.82, 2.24) is 0 Å². The van der Waals surface area contributed by atoms with Crippen LogP contribution in [-0.2, 0) is 0 Å². The lowest BCUT2D eigenvalue weighted by atomic mass is 9.80. The Morgan fingerprint density at radius 2 is 1.71 bits per heavy atom. The van der Waals surface area contributed by atoms with Crippen molar-refractivity contribution in [2.45, 2.75) is 63.7 Å². The number of hydrogen-bond acceptors (Lipinski definition) is 0. The van der Waals surface area contributed by atoms with E-state index in [0.29, 0.717) is 5.38 Å². The predicted octanol–water partition coefficient (Wildman–Crippen LogP) is 4.61. The molecule has 82 valence electrons. The topological polar surface area (TPSA) is 0 Å². The van der Waals surface area contributed by atoms with Crippen molar-refractivity contribution < 1.29 is 0 Å². The molecular weight excluding hydrogens is 192 g/mol. The molecule has 0 amide bonds. The molecule has 0 aliphatic heterocycles. The van der Waals surface area contributed by atoms with Crippen molar-refractivity contribution in [3.8, 4) is 0 Å². The third-order valence-electron chi connectivity index (χ3n) is 4.12. The van der Waals surface area contributed by atoms with E-state index in [1.807, 2.05) is 0 Å². The lowest BCUT2D eigenvalue weighted by Gasteiger charge is -2.26. The fourth-order valence-electron chi connectivity index (χ4n) is 2.71. The van der Waals surface area contributed by atoms with Gasteiger partial charge < -0.3 is 0 Å². The summed E-state index contributed by atoms with van der Waals surface area (Å²) in [7, 11) is 0. The molecule has 0 aromatic heterocycles. The average Bonchev–Trinajstić information content (AvgIpc) is 3.00. The fourth-order valence-corrected chi connectivity index (χ4v) is 3.08. The zero-order valence-electron chi connectivity index (χ0n) is 9.34. The van der Waals surface area contributed by atoms with E-state index >= 15 is 0 Å². The van der Waals surface area contributed by atoms with Gasteiger partial charge >= 0.3 is 0 Å². The zero-order chi connectivity index (χ0) is 9.97. The normalized spacial score (nSPS) is 35.6. The monoisotopic (exact) mass is 214 g/mol. The van der Waals surface area contributed by atoms with Crippen LogP contribution in [0.25, 0.3) is 0 Å². The van der Waals surface area contributed by atoms with Crippen LogP contribution in [0.4, 0.5) is 0 Å². The van der Waals surface area contributed by atoms with Crippen molar-refractivity contribution in [3.63, 3.8) is 0 Å². The summed E-state index contributed by atoms with van der Waals surface area (Å²) in [5.41, 5.74) is 0. The molecule has 2 rings (SSSR count). The Morgan fingerprint density at radius 1 is 1.07 bits per heavy atom. The maximum atomic E-state index is 6.33. The number of hydrogen-bond donors (Lipinski definition) is 0. The summed E-state index contributed by atoms with van der Waals surface area (Å²) in [6, 6.07) is 0. The summed E-state index contributed by atoms with van der Waals surface area (Å²) < 4.78 is 0. The quantitative estimate of drug-likeness (QED) is 0.600. The molecular formula is C13H23Cl. The van der Waals surface area contributed by atoms with Crippen LogP contribution in [0, 0.1) is 17.8 Å². The number of alkyl halides is 1. The van der Waals surface area contributed by atoms with Gasteiger partial charge in [-0.25, -0.2) is 0 Å². The molecule has 2 aliphatic rings. The largest absolute Gasteiger partial charge is 0.123 e. The lowest BCUT2D eigenvalue weighted by Crippen LogP contribution is -2.14. The minimum Gasteiger partial charge on any atom is -0.123 e. The highest BCUT2D eigenvalue weighted by Gasteiger charge is 2.30. The summed E-state index contributed by atoms with van der Waals surface area (Å²) in [5.74, 6) is 2.88. The first-order valence-corrected chi connectivity index (χ1v) is 6.83. The molecule has 0 aromatic carbocycles. The fraction of sp³-hybridized carbons (Fsp3) is 1.00. The highest BCUT2D eigenvalue weighted by atomic mass is 35.5. The van der Waals surface area contributed by atoms with E-state index in [0.717, 1.165) is 17.8 Å². The van der Waals surface area contributed by atoms with Crippen molar-refractivity contribution in [1.29, 1.82) is 0 Å². The standard InChI is InChI=1S/C13H23Cl/c1-10-2-4-11(5-3-10)6-9-13(14)12-7-8-12/h10-13H,2-9H2,1H3. The smallest absolute Gasteiger partial charge is 0.0364 e. The summed E-state index contributed by atoms with van der Waals surface area (Å²) in [5, 5.41) is 0.509. The van der Waals surface area contributed by atoms with Gasteiger partial charge in [-0.05, 0) is 43.4 Å². The molecule has 0 saturated heterocycles. The molecule has 0 nitrogen and oxygen atoms in total. The second-order valence-electron chi connectivity index (χ2n) is 5.56. The molecule has 0 aromatic rings. The predicted molar refractivity (Wildman–Crippen MR) is 62.7 cm³/mol. The van der Waals surface area contributed by atoms with E-state index < -0.39 is 0 Å². The summed E-state index contributed by atoms with van der Waals surface area (Å²) >= 11 is 6.33. The van der Waals surface area contributed by atoms with E-state index in [1.54, 1.807) is 0 Å².